The van der Waals surface area contributed by atoms with Gasteiger partial charge in [-0.25, -0.2) is 4.98 Å². The number of aromatic nitrogens is 2. The Bertz CT molecular complexity index is 862. The van der Waals surface area contributed by atoms with Crippen LogP contribution in [0.25, 0.3) is 11.4 Å². The van der Waals surface area contributed by atoms with Crippen molar-refractivity contribution in [3.05, 3.63) is 41.7 Å². The second-order valence-corrected chi connectivity index (χ2v) is 7.50. The highest BCUT2D eigenvalue weighted by Crippen LogP contribution is 2.27. The zero-order valence-corrected chi connectivity index (χ0v) is 15.9. The molecule has 2 atom stereocenters. The van der Waals surface area contributed by atoms with Crippen LogP contribution in [0, 0.1) is 0 Å². The van der Waals surface area contributed by atoms with Crippen molar-refractivity contribution in [2.24, 2.45) is 5.73 Å². The van der Waals surface area contributed by atoms with Gasteiger partial charge in [0.1, 0.15) is 17.6 Å². The van der Waals surface area contributed by atoms with Crippen molar-refractivity contribution in [3.63, 3.8) is 0 Å². The fraction of sp³-hybridized carbons (Fsp3) is 0.476. The molecule has 1 fully saturated rings. The third kappa shape index (κ3) is 3.80. The number of hydrogen-bond donors (Lipinski definition) is 2. The zero-order valence-electron chi connectivity index (χ0n) is 15.9. The number of nitrogens with one attached hydrogen (secondary N) is 1. The highest BCUT2D eigenvalue weighted by atomic mass is 16.5. The van der Waals surface area contributed by atoms with E-state index >= 15 is 0 Å². The normalized spacial score (nSPS) is 21.7. The molecule has 28 heavy (non-hydrogen) atoms. The van der Waals surface area contributed by atoms with E-state index in [0.717, 1.165) is 49.3 Å². The van der Waals surface area contributed by atoms with Crippen molar-refractivity contribution in [1.82, 2.24) is 14.9 Å². The summed E-state index contributed by atoms with van der Waals surface area (Å²) < 4.78 is 7.80. The van der Waals surface area contributed by atoms with Crippen LogP contribution < -0.4 is 11.1 Å². The summed E-state index contributed by atoms with van der Waals surface area (Å²) in [6.07, 6.45) is 4.75. The molecule has 0 radical (unpaired) electrons. The molecule has 3 heterocycles. The molecule has 3 N–H and O–H groups in total. The van der Waals surface area contributed by atoms with E-state index < -0.39 is 12.0 Å². The monoisotopic (exact) mass is 382 g/mol. The predicted octanol–water partition coefficient (Wildman–Crippen LogP) is 2.04. The summed E-state index contributed by atoms with van der Waals surface area (Å²) in [6, 6.07) is 10.0. The fourth-order valence-electron chi connectivity index (χ4n) is 4.06. The van der Waals surface area contributed by atoms with E-state index in [4.69, 9.17) is 15.5 Å². The second kappa shape index (κ2) is 8.14. The Morgan fingerprint density at radius 2 is 2.00 bits per heavy atom. The Kier molecular flexibility index (Phi) is 5.43. The molecule has 2 aromatic rings. The average molecular weight is 382 g/mol. The van der Waals surface area contributed by atoms with Crippen LogP contribution in [-0.2, 0) is 22.5 Å². The van der Waals surface area contributed by atoms with E-state index in [-0.39, 0.29) is 12.0 Å². The molecular weight excluding hydrogens is 356 g/mol. The van der Waals surface area contributed by atoms with Gasteiger partial charge < -0.3 is 20.4 Å². The fourth-order valence-corrected chi connectivity index (χ4v) is 4.06. The quantitative estimate of drug-likeness (QED) is 0.826. The third-order valence-electron chi connectivity index (χ3n) is 5.53. The van der Waals surface area contributed by atoms with E-state index in [0.29, 0.717) is 25.1 Å². The lowest BCUT2D eigenvalue weighted by Crippen LogP contribution is -2.35. The minimum absolute atomic E-state index is 0.182. The van der Waals surface area contributed by atoms with Gasteiger partial charge in [-0.05, 0) is 32.1 Å². The van der Waals surface area contributed by atoms with Gasteiger partial charge in [-0.3, -0.25) is 9.59 Å². The van der Waals surface area contributed by atoms with Crippen molar-refractivity contribution in [1.29, 1.82) is 0 Å². The summed E-state index contributed by atoms with van der Waals surface area (Å²) >= 11 is 0. The Morgan fingerprint density at radius 3 is 2.75 bits per heavy atom. The van der Waals surface area contributed by atoms with Crippen molar-refractivity contribution in [3.8, 4) is 11.4 Å². The maximum atomic E-state index is 12.9. The van der Waals surface area contributed by atoms with Gasteiger partial charge in [0.25, 0.3) is 5.91 Å². The lowest BCUT2D eigenvalue weighted by atomic mass is 10.1. The maximum absolute atomic E-state index is 12.9. The number of nitrogens with zero attached hydrogens (tertiary/aromatic N) is 2. The van der Waals surface area contributed by atoms with Crippen molar-refractivity contribution in [2.45, 2.75) is 57.3 Å². The molecule has 0 bridgehead atoms. The van der Waals surface area contributed by atoms with Gasteiger partial charge in [0.2, 0.25) is 5.91 Å². The molecule has 2 aliphatic rings. The minimum atomic E-state index is -0.546. The first kappa shape index (κ1) is 18.7. The van der Waals surface area contributed by atoms with Crippen molar-refractivity contribution in [2.75, 3.05) is 6.54 Å². The molecule has 7 heteroatoms. The molecule has 0 saturated carbocycles. The van der Waals surface area contributed by atoms with Crippen LogP contribution in [0.3, 0.4) is 0 Å². The third-order valence-corrected chi connectivity index (χ3v) is 5.53. The SMILES string of the molecule is NC(=O)[C@H]1CC[C@@H](CNC(=O)c2nc(-c3ccccc3)n3c2CCCCC3)O1. The number of benzene rings is 1. The minimum Gasteiger partial charge on any atom is -0.367 e. The van der Waals surface area contributed by atoms with E-state index in [9.17, 15) is 9.59 Å². The molecular formula is C21H26N4O3. The standard InChI is InChI=1S/C21H26N4O3/c22-19(26)17-11-10-15(28-17)13-23-21(27)18-16-9-5-2-6-12-25(16)20(24-18)14-7-3-1-4-8-14/h1,3-4,7-8,15,17H,2,5-6,9-13H2,(H2,22,26)(H,23,27)/t15-,17+/m0/s1. The lowest BCUT2D eigenvalue weighted by Gasteiger charge is -2.12. The average Bonchev–Trinajstić information content (AvgIpc) is 3.25. The molecule has 7 nitrogen and oxygen atoms in total. The summed E-state index contributed by atoms with van der Waals surface area (Å²) in [6.45, 7) is 1.24. The van der Waals surface area contributed by atoms with Crippen molar-refractivity contribution >= 4 is 11.8 Å². The summed E-state index contributed by atoms with van der Waals surface area (Å²) in [7, 11) is 0. The molecule has 1 saturated heterocycles. The first-order chi connectivity index (χ1) is 13.6. The molecule has 1 aromatic heterocycles. The molecule has 0 spiro atoms. The Balaban J connectivity index is 1.53. The number of hydrogen-bond acceptors (Lipinski definition) is 4. The van der Waals surface area contributed by atoms with Crippen LogP contribution in [0.5, 0.6) is 0 Å². The Labute approximate surface area is 164 Å². The number of carbonyl (C=O) groups is 2. The largest absolute Gasteiger partial charge is 0.367 e. The topological polar surface area (TPSA) is 99.2 Å². The summed E-state index contributed by atoms with van der Waals surface area (Å²) in [4.78, 5) is 28.9. The number of rotatable bonds is 5. The first-order valence-corrected chi connectivity index (χ1v) is 10.0. The van der Waals surface area contributed by atoms with Crippen LogP contribution in [0.2, 0.25) is 0 Å². The smallest absolute Gasteiger partial charge is 0.271 e. The van der Waals surface area contributed by atoms with E-state index in [1.54, 1.807) is 0 Å². The molecule has 2 aliphatic heterocycles. The van der Waals surface area contributed by atoms with E-state index in [1.807, 2.05) is 30.3 Å². The van der Waals surface area contributed by atoms with Gasteiger partial charge >= 0.3 is 0 Å². The number of imidazole rings is 1. The lowest BCUT2D eigenvalue weighted by molar-refractivity contribution is -0.128. The van der Waals surface area contributed by atoms with Gasteiger partial charge in [-0.2, -0.15) is 0 Å². The van der Waals surface area contributed by atoms with Crippen LogP contribution >= 0.6 is 0 Å². The summed E-state index contributed by atoms with van der Waals surface area (Å²) in [5, 5.41) is 2.94. The highest BCUT2D eigenvalue weighted by Gasteiger charge is 2.30. The van der Waals surface area contributed by atoms with Crippen molar-refractivity contribution < 1.29 is 14.3 Å². The van der Waals surface area contributed by atoms with E-state index in [2.05, 4.69) is 9.88 Å². The van der Waals surface area contributed by atoms with Gasteiger partial charge in [0, 0.05) is 18.7 Å². The summed E-state index contributed by atoms with van der Waals surface area (Å²) in [5.41, 5.74) is 7.83. The second-order valence-electron chi connectivity index (χ2n) is 7.50. The number of ether oxygens (including phenoxy) is 1. The van der Waals surface area contributed by atoms with Crippen LogP contribution in [-0.4, -0.2) is 40.1 Å². The summed E-state index contributed by atoms with van der Waals surface area (Å²) in [5.74, 6) is 0.230. The van der Waals surface area contributed by atoms with Crippen LogP contribution in [0.4, 0.5) is 0 Å². The number of fused-ring (bicyclic) bond motifs is 1. The highest BCUT2D eigenvalue weighted by molar-refractivity contribution is 5.94. The molecule has 1 aromatic carbocycles. The molecule has 0 aliphatic carbocycles. The predicted molar refractivity (Wildman–Crippen MR) is 105 cm³/mol. The number of nitrogens with two attached hydrogens (primary N) is 1. The van der Waals surface area contributed by atoms with Gasteiger partial charge in [-0.1, -0.05) is 36.8 Å². The number of amides is 2. The molecule has 2 amide bonds. The zero-order chi connectivity index (χ0) is 19.5. The molecule has 4 rings (SSSR count). The van der Waals surface area contributed by atoms with Gasteiger partial charge in [-0.15, -0.1) is 0 Å². The van der Waals surface area contributed by atoms with Gasteiger partial charge in [0.05, 0.1) is 11.8 Å². The number of carbonyl (C=O) groups excluding carboxylic acids is 2. The maximum Gasteiger partial charge on any atom is 0.271 e. The van der Waals surface area contributed by atoms with Crippen LogP contribution in [0.15, 0.2) is 30.3 Å². The Morgan fingerprint density at radius 1 is 1.18 bits per heavy atom. The Hall–Kier alpha value is -2.67. The van der Waals surface area contributed by atoms with Crippen LogP contribution in [0.1, 0.15) is 48.3 Å². The van der Waals surface area contributed by atoms with Gasteiger partial charge in [0.15, 0.2) is 0 Å². The van der Waals surface area contributed by atoms with E-state index in [1.165, 1.54) is 0 Å². The first-order valence-electron chi connectivity index (χ1n) is 10.0. The number of primary amides is 1. The molecule has 148 valence electrons. The molecule has 0 unspecified atom stereocenters.